The van der Waals surface area contributed by atoms with Gasteiger partial charge < -0.3 is 94.7 Å². The van der Waals surface area contributed by atoms with E-state index >= 15 is 0 Å². The van der Waals surface area contributed by atoms with Crippen molar-refractivity contribution in [3.05, 3.63) is 119 Å². The number of benzene rings is 4. The normalized spacial score (nSPS) is 19.5. The maximum Gasteiger partial charge on any atom is 0.161 e. The van der Waals surface area contributed by atoms with E-state index < -0.39 is 0 Å². The zero-order valence-corrected chi connectivity index (χ0v) is 46.0. The van der Waals surface area contributed by atoms with Crippen molar-refractivity contribution in [1.29, 1.82) is 0 Å². The molecule has 80 heavy (non-hydrogen) atoms. The molecule has 0 N–H and O–H groups in total. The van der Waals surface area contributed by atoms with Crippen molar-refractivity contribution in [1.82, 2.24) is 0 Å². The maximum atomic E-state index is 6.16. The van der Waals surface area contributed by atoms with Gasteiger partial charge in [0.05, 0.1) is 159 Å². The fraction of sp³-hybridized carbons (Fsp3) is 0.533. The predicted octanol–water partition coefficient (Wildman–Crippen LogP) is 7.17. The number of fused-ring (bicyclic) bond motifs is 22. The third-order valence-electron chi connectivity index (χ3n) is 11.7. The molecule has 0 atom stereocenters. The summed E-state index contributed by atoms with van der Waals surface area (Å²) in [4.78, 5) is 0. The Kier molecular flexibility index (Phi) is 30.7. The van der Waals surface area contributed by atoms with Gasteiger partial charge in [0.15, 0.2) is 46.0 Å². The summed E-state index contributed by atoms with van der Waals surface area (Å²) in [6, 6.07) is 23.0. The summed E-state index contributed by atoms with van der Waals surface area (Å²) in [7, 11) is 0. The summed E-state index contributed by atoms with van der Waals surface area (Å²) in [6.45, 7) is 11.5. The van der Waals surface area contributed by atoms with Crippen LogP contribution in [0.15, 0.2) is 97.1 Å². The van der Waals surface area contributed by atoms with Crippen molar-refractivity contribution in [2.45, 2.75) is 26.4 Å². The summed E-state index contributed by atoms with van der Waals surface area (Å²) < 4.78 is 119. The van der Waals surface area contributed by atoms with E-state index in [2.05, 4.69) is 0 Å². The number of hydrogen-bond donors (Lipinski definition) is 0. The molecule has 0 saturated carbocycles. The molecule has 0 aliphatic carbocycles. The summed E-state index contributed by atoms with van der Waals surface area (Å²) in [5, 5.41) is 0. The van der Waals surface area contributed by atoms with E-state index in [-0.39, 0.29) is 0 Å². The van der Waals surface area contributed by atoms with Crippen LogP contribution in [0.5, 0.6) is 46.0 Å². The van der Waals surface area contributed by atoms with Crippen molar-refractivity contribution in [3.8, 4) is 46.0 Å². The molecule has 8 bridgehead atoms. The lowest BCUT2D eigenvalue weighted by Crippen LogP contribution is -2.15. The zero-order valence-electron chi connectivity index (χ0n) is 46.0. The Hall–Kier alpha value is -5.72. The molecule has 20 heteroatoms. The number of rotatable bonds is 0. The summed E-state index contributed by atoms with van der Waals surface area (Å²) in [5.41, 5.74) is 3.70. The monoisotopic (exact) mass is 1120 g/mol. The molecule has 7 rings (SSSR count). The Morgan fingerprint density at radius 1 is 0.175 bits per heavy atom. The SMILES string of the molecule is C1=CCOCc2ccc3c(c2)OCCOCCOCCOc2cc(ccc2OCCOCCOCCO3)COCC=CCOCc2ccc3c(c2)OCCOCCOCCOc2cc(ccc2OCCOCCOCCO3)COC1. The van der Waals surface area contributed by atoms with Gasteiger partial charge in [-0.2, -0.15) is 0 Å². The molecule has 0 fully saturated rings. The first-order valence-corrected chi connectivity index (χ1v) is 27.5. The topological polar surface area (TPSA) is 185 Å². The van der Waals surface area contributed by atoms with Crippen molar-refractivity contribution >= 4 is 0 Å². The van der Waals surface area contributed by atoms with Crippen LogP contribution in [-0.2, 0) is 83.3 Å². The highest BCUT2D eigenvalue weighted by Gasteiger charge is 2.13. The lowest BCUT2D eigenvalue weighted by atomic mass is 10.2. The van der Waals surface area contributed by atoms with Crippen molar-refractivity contribution in [3.63, 3.8) is 0 Å². The van der Waals surface area contributed by atoms with E-state index in [0.29, 0.717) is 257 Å². The van der Waals surface area contributed by atoms with Gasteiger partial charge in [0.1, 0.15) is 52.9 Å². The first kappa shape index (κ1) is 61.9. The minimum Gasteiger partial charge on any atom is -0.487 e. The molecule has 0 aromatic heterocycles. The van der Waals surface area contributed by atoms with Gasteiger partial charge in [-0.25, -0.2) is 0 Å². The smallest absolute Gasteiger partial charge is 0.161 e. The molecule has 4 aromatic rings. The molecule has 0 amide bonds. The average molecular weight is 1120 g/mol. The van der Waals surface area contributed by atoms with Gasteiger partial charge in [-0.05, 0) is 70.8 Å². The van der Waals surface area contributed by atoms with E-state index in [4.69, 9.17) is 94.7 Å². The Bertz CT molecular complexity index is 2030. The lowest BCUT2D eigenvalue weighted by molar-refractivity contribution is 0.0223. The van der Waals surface area contributed by atoms with Crippen LogP contribution in [-0.4, -0.2) is 185 Å². The van der Waals surface area contributed by atoms with Crippen LogP contribution >= 0.6 is 0 Å². The zero-order chi connectivity index (χ0) is 55.0. The summed E-state index contributed by atoms with van der Waals surface area (Å²) in [6.07, 6.45) is 7.72. The molecule has 0 saturated heterocycles. The molecular formula is C60H80O20. The van der Waals surface area contributed by atoms with E-state index in [0.717, 1.165) is 22.3 Å². The van der Waals surface area contributed by atoms with Crippen LogP contribution in [0, 0.1) is 0 Å². The van der Waals surface area contributed by atoms with Crippen molar-refractivity contribution < 1.29 is 94.7 Å². The van der Waals surface area contributed by atoms with Gasteiger partial charge in [0.25, 0.3) is 0 Å². The molecule has 4 aromatic carbocycles. The van der Waals surface area contributed by atoms with Gasteiger partial charge in [0, 0.05) is 0 Å². The highest BCUT2D eigenvalue weighted by atomic mass is 16.6. The first-order chi connectivity index (χ1) is 39.8. The highest BCUT2D eigenvalue weighted by molar-refractivity contribution is 5.45. The Labute approximate surface area is 470 Å². The van der Waals surface area contributed by atoms with Crippen LogP contribution in [0.2, 0.25) is 0 Å². The third-order valence-corrected chi connectivity index (χ3v) is 11.7. The molecule has 440 valence electrons. The first-order valence-electron chi connectivity index (χ1n) is 27.5. The predicted molar refractivity (Wildman–Crippen MR) is 293 cm³/mol. The minimum atomic E-state index is 0.306. The Morgan fingerprint density at radius 3 is 0.550 bits per heavy atom. The largest absolute Gasteiger partial charge is 0.487 e. The molecule has 3 heterocycles. The van der Waals surface area contributed by atoms with Gasteiger partial charge in [-0.3, -0.25) is 0 Å². The van der Waals surface area contributed by atoms with E-state index in [1.807, 2.05) is 97.1 Å². The molecule has 0 unspecified atom stereocenters. The van der Waals surface area contributed by atoms with Gasteiger partial charge in [0.2, 0.25) is 0 Å². The van der Waals surface area contributed by atoms with Crippen LogP contribution in [0.25, 0.3) is 0 Å². The van der Waals surface area contributed by atoms with Gasteiger partial charge in [-0.1, -0.05) is 48.6 Å². The van der Waals surface area contributed by atoms with Crippen LogP contribution in [0.3, 0.4) is 0 Å². The van der Waals surface area contributed by atoms with E-state index in [9.17, 15) is 0 Å². The van der Waals surface area contributed by atoms with Crippen LogP contribution in [0.4, 0.5) is 0 Å². The number of ether oxygens (including phenoxy) is 20. The second kappa shape index (κ2) is 39.6. The second-order valence-corrected chi connectivity index (χ2v) is 17.8. The molecular weight excluding hydrogens is 1040 g/mol. The van der Waals surface area contributed by atoms with Gasteiger partial charge in [-0.15, -0.1) is 0 Å². The van der Waals surface area contributed by atoms with E-state index in [1.54, 1.807) is 0 Å². The average Bonchev–Trinajstić information content (AvgIpc) is 3.47. The fourth-order valence-electron chi connectivity index (χ4n) is 7.72. The molecule has 20 nitrogen and oxygen atoms in total. The van der Waals surface area contributed by atoms with Crippen LogP contribution in [0.1, 0.15) is 22.3 Å². The summed E-state index contributed by atoms with van der Waals surface area (Å²) >= 11 is 0. The van der Waals surface area contributed by atoms with Crippen LogP contribution < -0.4 is 37.9 Å². The highest BCUT2D eigenvalue weighted by Crippen LogP contribution is 2.32. The third kappa shape index (κ3) is 25.4. The molecule has 0 spiro atoms. The Balaban J connectivity index is 0.983. The quantitative estimate of drug-likeness (QED) is 0.127. The molecule has 0 radical (unpaired) electrons. The Morgan fingerprint density at radius 2 is 0.350 bits per heavy atom. The van der Waals surface area contributed by atoms with Crippen molar-refractivity contribution in [2.24, 2.45) is 0 Å². The minimum absolute atomic E-state index is 0.306. The van der Waals surface area contributed by atoms with E-state index in [1.165, 1.54) is 0 Å². The number of hydrogen-bond acceptors (Lipinski definition) is 20. The lowest BCUT2D eigenvalue weighted by Gasteiger charge is -2.16. The van der Waals surface area contributed by atoms with Gasteiger partial charge >= 0.3 is 0 Å². The fourth-order valence-corrected chi connectivity index (χ4v) is 7.72. The summed E-state index contributed by atoms with van der Waals surface area (Å²) in [5.74, 6) is 4.71. The second-order valence-electron chi connectivity index (χ2n) is 17.8. The maximum absolute atomic E-state index is 6.16. The molecule has 3 aliphatic rings. The standard InChI is InChI=1S/C60H80O20/c1-2-14-70-46-50-6-10-54-58(42-50)78-38-30-66-23-24-68-32-40-80-60-44-52(8-12-56(60)76-36-28-64-20-19-62-26-34-74-54)48-72-16-4-3-15-71-47-51-7-11-55-59(43-51)79-39-31-67-22-21-65-29-37-77-57-41-49(45-69-13-1)5-9-53(57)73-33-25-61-17-18-63-27-35-75-55/h1-12,41-44H,13-40,45-48H2. The van der Waals surface area contributed by atoms with Crippen molar-refractivity contribution in [2.75, 3.05) is 185 Å². The molecule has 3 aliphatic heterocycles.